The van der Waals surface area contributed by atoms with Crippen molar-refractivity contribution in [2.24, 2.45) is 5.92 Å². The Kier molecular flexibility index (Phi) is 4.31. The minimum absolute atomic E-state index is 0.282. The van der Waals surface area contributed by atoms with Gasteiger partial charge >= 0.3 is 5.97 Å². The van der Waals surface area contributed by atoms with E-state index in [-0.39, 0.29) is 6.42 Å². The van der Waals surface area contributed by atoms with Crippen LogP contribution >= 0.6 is 11.3 Å². The van der Waals surface area contributed by atoms with Crippen molar-refractivity contribution in [3.8, 4) is 10.7 Å². The van der Waals surface area contributed by atoms with Crippen molar-refractivity contribution in [2.75, 3.05) is 19.6 Å². The van der Waals surface area contributed by atoms with Crippen molar-refractivity contribution in [3.05, 3.63) is 23.4 Å². The molecule has 2 aromatic heterocycles. The Labute approximate surface area is 126 Å². The zero-order valence-electron chi connectivity index (χ0n) is 11.6. The van der Waals surface area contributed by atoms with Crippen molar-refractivity contribution >= 4 is 17.3 Å². The fourth-order valence-electron chi connectivity index (χ4n) is 2.55. The summed E-state index contributed by atoms with van der Waals surface area (Å²) < 4.78 is 5.24. The van der Waals surface area contributed by atoms with E-state index in [9.17, 15) is 4.79 Å². The number of aromatic nitrogens is 2. The Balaban J connectivity index is 1.38. The molecule has 2 aromatic rings. The van der Waals surface area contributed by atoms with Gasteiger partial charge in [-0.05, 0) is 30.3 Å². The lowest BCUT2D eigenvalue weighted by Crippen LogP contribution is -2.47. The van der Waals surface area contributed by atoms with Gasteiger partial charge < -0.3 is 14.5 Å². The summed E-state index contributed by atoms with van der Waals surface area (Å²) in [7, 11) is 0. The van der Waals surface area contributed by atoms with Crippen molar-refractivity contribution in [3.63, 3.8) is 0 Å². The molecule has 0 aromatic carbocycles. The number of carboxylic acid groups (broad SMARTS) is 1. The van der Waals surface area contributed by atoms with E-state index in [1.807, 2.05) is 17.5 Å². The highest BCUT2D eigenvalue weighted by atomic mass is 32.1. The van der Waals surface area contributed by atoms with Crippen LogP contribution in [0, 0.1) is 5.92 Å². The summed E-state index contributed by atoms with van der Waals surface area (Å²) in [4.78, 5) is 18.2. The first-order valence-electron chi connectivity index (χ1n) is 7.01. The molecule has 1 aliphatic rings. The number of carboxylic acids is 1. The standard InChI is InChI=1S/C14H17N3O3S/c18-13(19)7-10-8-17(9-10)5-1-4-12-15-14(16-20-12)11-3-2-6-21-11/h2-3,6,10H,1,4-5,7-9H2,(H,18,19). The van der Waals surface area contributed by atoms with Crippen LogP contribution < -0.4 is 0 Å². The van der Waals surface area contributed by atoms with Crippen LogP contribution in [0.15, 0.2) is 22.0 Å². The Morgan fingerprint density at radius 1 is 1.52 bits per heavy atom. The third kappa shape index (κ3) is 3.68. The molecule has 0 spiro atoms. The smallest absolute Gasteiger partial charge is 0.303 e. The molecule has 7 heteroatoms. The number of nitrogens with zero attached hydrogens (tertiary/aromatic N) is 3. The highest BCUT2D eigenvalue weighted by Gasteiger charge is 2.27. The van der Waals surface area contributed by atoms with Gasteiger partial charge in [-0.25, -0.2) is 0 Å². The van der Waals surface area contributed by atoms with E-state index in [0.29, 0.717) is 17.6 Å². The van der Waals surface area contributed by atoms with Gasteiger partial charge in [0.1, 0.15) is 0 Å². The van der Waals surface area contributed by atoms with Crippen LogP contribution in [0.2, 0.25) is 0 Å². The minimum atomic E-state index is -0.702. The Hall–Kier alpha value is -1.73. The van der Waals surface area contributed by atoms with E-state index in [1.165, 1.54) is 0 Å². The average molecular weight is 307 g/mol. The zero-order valence-corrected chi connectivity index (χ0v) is 12.4. The van der Waals surface area contributed by atoms with Crippen molar-refractivity contribution in [2.45, 2.75) is 19.3 Å². The second-order valence-electron chi connectivity index (χ2n) is 5.32. The second kappa shape index (κ2) is 6.36. The molecule has 0 saturated carbocycles. The first kappa shape index (κ1) is 14.2. The number of hydrogen-bond donors (Lipinski definition) is 1. The predicted octanol–water partition coefficient (Wildman–Crippen LogP) is 2.14. The lowest BCUT2D eigenvalue weighted by Gasteiger charge is -2.38. The maximum atomic E-state index is 10.6. The minimum Gasteiger partial charge on any atom is -0.481 e. The van der Waals surface area contributed by atoms with Gasteiger partial charge in [0.15, 0.2) is 0 Å². The van der Waals surface area contributed by atoms with Gasteiger partial charge in [-0.1, -0.05) is 11.2 Å². The van der Waals surface area contributed by atoms with Crippen LogP contribution in [0.5, 0.6) is 0 Å². The fraction of sp³-hybridized carbons (Fsp3) is 0.500. The van der Waals surface area contributed by atoms with Crippen LogP contribution in [0.3, 0.4) is 0 Å². The first-order valence-corrected chi connectivity index (χ1v) is 7.89. The molecule has 0 bridgehead atoms. The number of carbonyl (C=O) groups is 1. The number of likely N-dealkylation sites (tertiary alicyclic amines) is 1. The molecular weight excluding hydrogens is 290 g/mol. The summed E-state index contributed by atoms with van der Waals surface area (Å²) in [5, 5.41) is 14.7. The van der Waals surface area contributed by atoms with E-state index < -0.39 is 5.97 Å². The summed E-state index contributed by atoms with van der Waals surface area (Å²) in [5.74, 6) is 0.939. The largest absolute Gasteiger partial charge is 0.481 e. The van der Waals surface area contributed by atoms with E-state index in [0.717, 1.165) is 37.4 Å². The molecule has 3 rings (SSSR count). The lowest BCUT2D eigenvalue weighted by atomic mass is 9.96. The molecule has 0 radical (unpaired) electrons. The van der Waals surface area contributed by atoms with Gasteiger partial charge in [-0.15, -0.1) is 11.3 Å². The molecule has 112 valence electrons. The second-order valence-corrected chi connectivity index (χ2v) is 6.26. The molecular formula is C14H17N3O3S. The van der Waals surface area contributed by atoms with Crippen LogP contribution in [-0.4, -0.2) is 45.8 Å². The molecule has 1 N–H and O–H groups in total. The predicted molar refractivity (Wildman–Crippen MR) is 78.1 cm³/mol. The summed E-state index contributed by atoms with van der Waals surface area (Å²) in [6.07, 6.45) is 1.99. The van der Waals surface area contributed by atoms with E-state index in [4.69, 9.17) is 9.63 Å². The van der Waals surface area contributed by atoms with Gasteiger partial charge in [0.05, 0.1) is 11.3 Å². The van der Waals surface area contributed by atoms with E-state index >= 15 is 0 Å². The van der Waals surface area contributed by atoms with Crippen molar-refractivity contribution in [1.29, 1.82) is 0 Å². The SMILES string of the molecule is O=C(O)CC1CN(CCCc2nc(-c3cccs3)no2)C1. The third-order valence-corrected chi connectivity index (χ3v) is 4.44. The summed E-state index contributed by atoms with van der Waals surface area (Å²) in [6.45, 7) is 2.72. The molecule has 3 heterocycles. The third-order valence-electron chi connectivity index (χ3n) is 3.57. The zero-order chi connectivity index (χ0) is 14.7. The highest BCUT2D eigenvalue weighted by Crippen LogP contribution is 2.22. The van der Waals surface area contributed by atoms with Gasteiger partial charge in [0, 0.05) is 19.5 Å². The van der Waals surface area contributed by atoms with Crippen LogP contribution in [-0.2, 0) is 11.2 Å². The quantitative estimate of drug-likeness (QED) is 0.844. The fourth-order valence-corrected chi connectivity index (χ4v) is 3.20. The molecule has 6 nitrogen and oxygen atoms in total. The molecule has 1 fully saturated rings. The first-order chi connectivity index (χ1) is 10.2. The van der Waals surface area contributed by atoms with Gasteiger partial charge in [0.25, 0.3) is 0 Å². The van der Waals surface area contributed by atoms with Crippen LogP contribution in [0.25, 0.3) is 10.7 Å². The molecule has 0 amide bonds. The highest BCUT2D eigenvalue weighted by molar-refractivity contribution is 7.13. The molecule has 1 aliphatic heterocycles. The molecule has 21 heavy (non-hydrogen) atoms. The molecule has 1 saturated heterocycles. The topological polar surface area (TPSA) is 79.5 Å². The van der Waals surface area contributed by atoms with E-state index in [2.05, 4.69) is 15.0 Å². The molecule has 0 atom stereocenters. The van der Waals surface area contributed by atoms with E-state index in [1.54, 1.807) is 11.3 Å². The number of hydrogen-bond acceptors (Lipinski definition) is 6. The van der Waals surface area contributed by atoms with Gasteiger partial charge in [-0.2, -0.15) is 4.98 Å². The maximum absolute atomic E-state index is 10.6. The average Bonchev–Trinajstić information content (AvgIpc) is 3.05. The summed E-state index contributed by atoms with van der Waals surface area (Å²) in [5.41, 5.74) is 0. The normalized spacial score (nSPS) is 16.0. The molecule has 0 unspecified atom stereocenters. The summed E-state index contributed by atoms with van der Waals surface area (Å²) >= 11 is 1.59. The Morgan fingerprint density at radius 3 is 3.10 bits per heavy atom. The lowest BCUT2D eigenvalue weighted by molar-refractivity contribution is -0.139. The number of rotatable bonds is 7. The number of thiophene rings is 1. The van der Waals surface area contributed by atoms with Crippen molar-refractivity contribution in [1.82, 2.24) is 15.0 Å². The summed E-state index contributed by atoms with van der Waals surface area (Å²) in [6, 6.07) is 3.94. The monoisotopic (exact) mass is 307 g/mol. The Bertz CT molecular complexity index is 590. The van der Waals surface area contributed by atoms with Crippen molar-refractivity contribution < 1.29 is 14.4 Å². The van der Waals surface area contributed by atoms with Crippen LogP contribution in [0.1, 0.15) is 18.7 Å². The van der Waals surface area contributed by atoms with Gasteiger partial charge in [0.2, 0.25) is 11.7 Å². The Morgan fingerprint density at radius 2 is 2.38 bits per heavy atom. The maximum Gasteiger partial charge on any atom is 0.303 e. The van der Waals surface area contributed by atoms with Gasteiger partial charge in [-0.3, -0.25) is 4.79 Å². The number of aryl methyl sites for hydroxylation is 1. The van der Waals surface area contributed by atoms with Crippen LogP contribution in [0.4, 0.5) is 0 Å². The number of aliphatic carboxylic acids is 1. The molecule has 0 aliphatic carbocycles.